The molecule has 18 heavy (non-hydrogen) atoms. The van der Waals surface area contributed by atoms with Gasteiger partial charge in [0.15, 0.2) is 5.16 Å². The van der Waals surface area contributed by atoms with E-state index >= 15 is 0 Å². The third-order valence-electron chi connectivity index (χ3n) is 3.46. The SMILES string of the molecule is C[C@H]1CCCC[C@H]1NC(=O)CSc1nncn1C. The molecule has 0 aromatic carbocycles. The second-order valence-electron chi connectivity index (χ2n) is 4.95. The van der Waals surface area contributed by atoms with Crippen LogP contribution in [0.3, 0.4) is 0 Å². The van der Waals surface area contributed by atoms with Gasteiger partial charge in [0, 0.05) is 13.1 Å². The molecular formula is C12H20N4OS. The third kappa shape index (κ3) is 3.48. The molecule has 0 radical (unpaired) electrons. The van der Waals surface area contributed by atoms with E-state index in [1.54, 1.807) is 6.33 Å². The maximum atomic E-state index is 11.9. The Hall–Kier alpha value is -1.04. The van der Waals surface area contributed by atoms with Crippen molar-refractivity contribution in [2.24, 2.45) is 13.0 Å². The van der Waals surface area contributed by atoms with Crippen molar-refractivity contribution in [2.75, 3.05) is 5.75 Å². The highest BCUT2D eigenvalue weighted by Crippen LogP contribution is 2.24. The number of carbonyl (C=O) groups is 1. The number of carbonyl (C=O) groups excluding carboxylic acids is 1. The predicted octanol–water partition coefficient (Wildman–Crippen LogP) is 1.60. The van der Waals surface area contributed by atoms with Crippen LogP contribution >= 0.6 is 11.8 Å². The highest BCUT2D eigenvalue weighted by atomic mass is 32.2. The Bertz CT molecular complexity index is 407. The van der Waals surface area contributed by atoms with Crippen molar-refractivity contribution in [3.8, 4) is 0 Å². The maximum Gasteiger partial charge on any atom is 0.230 e. The molecule has 1 heterocycles. The summed E-state index contributed by atoms with van der Waals surface area (Å²) in [7, 11) is 1.88. The predicted molar refractivity (Wildman–Crippen MR) is 71.3 cm³/mol. The van der Waals surface area contributed by atoms with E-state index in [4.69, 9.17) is 0 Å². The van der Waals surface area contributed by atoms with Crippen LogP contribution in [-0.2, 0) is 11.8 Å². The zero-order valence-corrected chi connectivity index (χ0v) is 11.7. The zero-order chi connectivity index (χ0) is 13.0. The molecule has 0 unspecified atom stereocenters. The smallest absolute Gasteiger partial charge is 0.230 e. The van der Waals surface area contributed by atoms with Gasteiger partial charge in [-0.2, -0.15) is 0 Å². The van der Waals surface area contributed by atoms with Gasteiger partial charge in [-0.1, -0.05) is 31.5 Å². The van der Waals surface area contributed by atoms with Crippen LogP contribution in [0, 0.1) is 5.92 Å². The first kappa shape index (κ1) is 13.4. The first-order valence-corrected chi connectivity index (χ1v) is 7.41. The molecule has 100 valence electrons. The minimum absolute atomic E-state index is 0.0988. The Balaban J connectivity index is 1.76. The molecule has 2 rings (SSSR count). The molecule has 1 fully saturated rings. The topological polar surface area (TPSA) is 59.8 Å². The standard InChI is InChI=1S/C12H20N4OS/c1-9-5-3-4-6-10(9)14-11(17)7-18-12-15-13-8-16(12)2/h8-10H,3-7H2,1-2H3,(H,14,17)/t9-,10+/m0/s1. The molecule has 1 amide bonds. The van der Waals surface area contributed by atoms with Crippen molar-refractivity contribution < 1.29 is 4.79 Å². The number of hydrogen-bond donors (Lipinski definition) is 1. The van der Waals surface area contributed by atoms with Crippen LogP contribution in [0.25, 0.3) is 0 Å². The fraction of sp³-hybridized carbons (Fsp3) is 0.750. The number of aryl methyl sites for hydroxylation is 1. The van der Waals surface area contributed by atoms with E-state index in [-0.39, 0.29) is 5.91 Å². The fourth-order valence-corrected chi connectivity index (χ4v) is 3.01. The molecule has 0 bridgehead atoms. The van der Waals surface area contributed by atoms with E-state index in [0.717, 1.165) is 11.6 Å². The van der Waals surface area contributed by atoms with Crippen molar-refractivity contribution in [1.29, 1.82) is 0 Å². The van der Waals surface area contributed by atoms with Crippen LogP contribution in [0.1, 0.15) is 32.6 Å². The summed E-state index contributed by atoms with van der Waals surface area (Å²) in [5, 5.41) is 11.6. The summed E-state index contributed by atoms with van der Waals surface area (Å²) in [4.78, 5) is 11.9. The van der Waals surface area contributed by atoms with Crippen LogP contribution in [0.5, 0.6) is 0 Å². The summed E-state index contributed by atoms with van der Waals surface area (Å²) in [5.74, 6) is 1.11. The Morgan fingerprint density at radius 2 is 2.33 bits per heavy atom. The molecule has 1 saturated carbocycles. The highest BCUT2D eigenvalue weighted by Gasteiger charge is 2.22. The lowest BCUT2D eigenvalue weighted by Crippen LogP contribution is -2.41. The Morgan fingerprint density at radius 3 is 3.00 bits per heavy atom. The van der Waals surface area contributed by atoms with E-state index in [0.29, 0.717) is 17.7 Å². The van der Waals surface area contributed by atoms with Crippen LogP contribution in [0.15, 0.2) is 11.5 Å². The lowest BCUT2D eigenvalue weighted by Gasteiger charge is -2.29. The van der Waals surface area contributed by atoms with Crippen molar-refractivity contribution in [1.82, 2.24) is 20.1 Å². The summed E-state index contributed by atoms with van der Waals surface area (Å²) >= 11 is 1.43. The normalized spacial score (nSPS) is 23.9. The number of nitrogens with one attached hydrogen (secondary N) is 1. The summed E-state index contributed by atoms with van der Waals surface area (Å²) in [6.45, 7) is 2.22. The van der Waals surface area contributed by atoms with Gasteiger partial charge in [-0.05, 0) is 18.8 Å². The average molecular weight is 268 g/mol. The maximum absolute atomic E-state index is 11.9. The molecule has 1 aromatic rings. The second-order valence-corrected chi connectivity index (χ2v) is 5.89. The van der Waals surface area contributed by atoms with Crippen molar-refractivity contribution >= 4 is 17.7 Å². The van der Waals surface area contributed by atoms with Crippen LogP contribution in [0.4, 0.5) is 0 Å². The number of nitrogens with zero attached hydrogens (tertiary/aromatic N) is 3. The number of hydrogen-bond acceptors (Lipinski definition) is 4. The summed E-state index contributed by atoms with van der Waals surface area (Å²) in [6.07, 6.45) is 6.50. The van der Waals surface area contributed by atoms with E-state index < -0.39 is 0 Å². The van der Waals surface area contributed by atoms with Gasteiger partial charge < -0.3 is 9.88 Å². The van der Waals surface area contributed by atoms with Crippen molar-refractivity contribution in [3.63, 3.8) is 0 Å². The molecular weight excluding hydrogens is 248 g/mol. The fourth-order valence-electron chi connectivity index (χ4n) is 2.31. The molecule has 5 nitrogen and oxygen atoms in total. The average Bonchev–Trinajstić information content (AvgIpc) is 2.75. The number of rotatable bonds is 4. The van der Waals surface area contributed by atoms with Gasteiger partial charge in [-0.25, -0.2) is 0 Å². The second kappa shape index (κ2) is 6.22. The van der Waals surface area contributed by atoms with E-state index in [1.807, 2.05) is 11.6 Å². The van der Waals surface area contributed by atoms with E-state index in [2.05, 4.69) is 22.4 Å². The van der Waals surface area contributed by atoms with E-state index in [9.17, 15) is 4.79 Å². The summed E-state index contributed by atoms with van der Waals surface area (Å²) < 4.78 is 1.82. The number of aromatic nitrogens is 3. The molecule has 0 saturated heterocycles. The molecule has 1 aliphatic rings. The van der Waals surface area contributed by atoms with Gasteiger partial charge in [0.1, 0.15) is 6.33 Å². The van der Waals surface area contributed by atoms with Crippen LogP contribution < -0.4 is 5.32 Å². The van der Waals surface area contributed by atoms with Gasteiger partial charge in [-0.15, -0.1) is 10.2 Å². The Labute approximate surface area is 112 Å². The zero-order valence-electron chi connectivity index (χ0n) is 10.9. The van der Waals surface area contributed by atoms with Crippen molar-refractivity contribution in [3.05, 3.63) is 6.33 Å². The van der Waals surface area contributed by atoms with Gasteiger partial charge in [0.05, 0.1) is 5.75 Å². The first-order valence-electron chi connectivity index (χ1n) is 6.43. The highest BCUT2D eigenvalue weighted by molar-refractivity contribution is 7.99. The quantitative estimate of drug-likeness (QED) is 0.843. The Kier molecular flexibility index (Phi) is 4.63. The molecule has 1 N–H and O–H groups in total. The largest absolute Gasteiger partial charge is 0.352 e. The van der Waals surface area contributed by atoms with Gasteiger partial charge in [0.2, 0.25) is 5.91 Å². The van der Waals surface area contributed by atoms with E-state index in [1.165, 1.54) is 31.0 Å². The minimum atomic E-state index is 0.0988. The number of amides is 1. The van der Waals surface area contributed by atoms with Crippen LogP contribution in [0.2, 0.25) is 0 Å². The lowest BCUT2D eigenvalue weighted by molar-refractivity contribution is -0.119. The Morgan fingerprint density at radius 1 is 1.56 bits per heavy atom. The molecule has 0 aliphatic heterocycles. The molecule has 1 aliphatic carbocycles. The first-order chi connectivity index (χ1) is 8.66. The molecule has 1 aromatic heterocycles. The molecule has 2 atom stereocenters. The molecule has 0 spiro atoms. The minimum Gasteiger partial charge on any atom is -0.352 e. The van der Waals surface area contributed by atoms with Gasteiger partial charge in [-0.3, -0.25) is 4.79 Å². The molecule has 6 heteroatoms. The van der Waals surface area contributed by atoms with Crippen LogP contribution in [-0.4, -0.2) is 32.5 Å². The summed E-state index contributed by atoms with van der Waals surface area (Å²) in [5.41, 5.74) is 0. The summed E-state index contributed by atoms with van der Waals surface area (Å²) in [6, 6.07) is 0.353. The van der Waals surface area contributed by atoms with Gasteiger partial charge >= 0.3 is 0 Å². The lowest BCUT2D eigenvalue weighted by atomic mass is 9.86. The number of thioether (sulfide) groups is 1. The van der Waals surface area contributed by atoms with Gasteiger partial charge in [0.25, 0.3) is 0 Å². The third-order valence-corrected chi connectivity index (χ3v) is 4.49. The monoisotopic (exact) mass is 268 g/mol. The van der Waals surface area contributed by atoms with Crippen molar-refractivity contribution in [2.45, 2.75) is 43.8 Å².